The lowest BCUT2D eigenvalue weighted by molar-refractivity contribution is 1.57. The molecule has 0 radical (unpaired) electrons. The van der Waals surface area contributed by atoms with Gasteiger partial charge >= 0.3 is 0 Å². The molecule has 2 nitrogen and oxygen atoms in total. The standard InChI is InChI=1S/C18H16N2/c19-17-11-5-3-9-15(17)13-7-1-2-8-14(13)16-10-4-6-12-18(16)20/h1-12H,19-20H2. The maximum absolute atomic E-state index is 6.11. The van der Waals surface area contributed by atoms with Crippen molar-refractivity contribution in [3.63, 3.8) is 0 Å². The minimum absolute atomic E-state index is 0.773. The number of para-hydroxylation sites is 2. The molecule has 0 saturated heterocycles. The van der Waals surface area contributed by atoms with E-state index in [2.05, 4.69) is 12.1 Å². The Kier molecular flexibility index (Phi) is 3.13. The van der Waals surface area contributed by atoms with Crippen molar-refractivity contribution in [3.05, 3.63) is 72.8 Å². The Balaban J connectivity index is 2.25. The number of nitrogen functional groups attached to an aromatic ring is 2. The lowest BCUT2D eigenvalue weighted by Gasteiger charge is -2.13. The average Bonchev–Trinajstić information content (AvgIpc) is 2.48. The van der Waals surface area contributed by atoms with Crippen LogP contribution in [-0.4, -0.2) is 0 Å². The molecule has 0 aliphatic heterocycles. The van der Waals surface area contributed by atoms with Crippen LogP contribution in [0.2, 0.25) is 0 Å². The molecule has 0 spiro atoms. The predicted molar refractivity (Wildman–Crippen MR) is 86.1 cm³/mol. The normalized spacial score (nSPS) is 10.4. The second kappa shape index (κ2) is 5.10. The van der Waals surface area contributed by atoms with E-state index in [9.17, 15) is 0 Å². The van der Waals surface area contributed by atoms with Gasteiger partial charge in [-0.3, -0.25) is 0 Å². The van der Waals surface area contributed by atoms with Crippen LogP contribution >= 0.6 is 0 Å². The molecule has 0 heterocycles. The van der Waals surface area contributed by atoms with E-state index < -0.39 is 0 Å². The molecular formula is C18H16N2. The molecule has 3 aromatic rings. The van der Waals surface area contributed by atoms with E-state index in [1.807, 2.05) is 60.7 Å². The predicted octanol–water partition coefficient (Wildman–Crippen LogP) is 4.19. The van der Waals surface area contributed by atoms with Gasteiger partial charge < -0.3 is 11.5 Å². The molecule has 3 aromatic carbocycles. The smallest absolute Gasteiger partial charge is 0.0393 e. The van der Waals surface area contributed by atoms with E-state index in [0.717, 1.165) is 33.6 Å². The van der Waals surface area contributed by atoms with Gasteiger partial charge in [-0.25, -0.2) is 0 Å². The fourth-order valence-corrected chi connectivity index (χ4v) is 2.44. The van der Waals surface area contributed by atoms with Crippen molar-refractivity contribution in [2.45, 2.75) is 0 Å². The van der Waals surface area contributed by atoms with Gasteiger partial charge in [0.25, 0.3) is 0 Å². The van der Waals surface area contributed by atoms with Crippen molar-refractivity contribution in [2.75, 3.05) is 11.5 Å². The first-order chi connectivity index (χ1) is 9.77. The first-order valence-electron chi connectivity index (χ1n) is 6.56. The number of benzene rings is 3. The number of rotatable bonds is 2. The lowest BCUT2D eigenvalue weighted by atomic mass is 9.93. The molecule has 0 saturated carbocycles. The van der Waals surface area contributed by atoms with Gasteiger partial charge in [0.15, 0.2) is 0 Å². The summed E-state index contributed by atoms with van der Waals surface area (Å²) >= 11 is 0. The highest BCUT2D eigenvalue weighted by molar-refractivity contribution is 5.91. The van der Waals surface area contributed by atoms with Crippen molar-refractivity contribution < 1.29 is 0 Å². The zero-order valence-electron chi connectivity index (χ0n) is 11.1. The van der Waals surface area contributed by atoms with Gasteiger partial charge in [-0.05, 0) is 23.3 Å². The topological polar surface area (TPSA) is 52.0 Å². The quantitative estimate of drug-likeness (QED) is 0.679. The number of hydrogen-bond donors (Lipinski definition) is 2. The van der Waals surface area contributed by atoms with Crippen LogP contribution < -0.4 is 11.5 Å². The highest BCUT2D eigenvalue weighted by atomic mass is 14.6. The Labute approximate surface area is 118 Å². The molecule has 0 aliphatic rings. The molecule has 2 heteroatoms. The Morgan fingerprint density at radius 3 is 1.05 bits per heavy atom. The van der Waals surface area contributed by atoms with Crippen LogP contribution in [0, 0.1) is 0 Å². The summed E-state index contributed by atoms with van der Waals surface area (Å²) in [5, 5.41) is 0. The van der Waals surface area contributed by atoms with E-state index in [1.54, 1.807) is 0 Å². The SMILES string of the molecule is Nc1ccccc1-c1ccccc1-c1ccccc1N. The Hall–Kier alpha value is -2.74. The van der Waals surface area contributed by atoms with Gasteiger partial charge in [0.1, 0.15) is 0 Å². The van der Waals surface area contributed by atoms with Crippen LogP contribution in [0.25, 0.3) is 22.3 Å². The third kappa shape index (κ3) is 2.12. The van der Waals surface area contributed by atoms with Crippen LogP contribution in [0.5, 0.6) is 0 Å². The maximum atomic E-state index is 6.11. The van der Waals surface area contributed by atoms with Gasteiger partial charge in [0, 0.05) is 22.5 Å². The minimum atomic E-state index is 0.773. The Morgan fingerprint density at radius 1 is 0.400 bits per heavy atom. The monoisotopic (exact) mass is 260 g/mol. The zero-order valence-corrected chi connectivity index (χ0v) is 11.1. The average molecular weight is 260 g/mol. The molecule has 0 aromatic heterocycles. The van der Waals surface area contributed by atoms with Crippen molar-refractivity contribution in [1.82, 2.24) is 0 Å². The van der Waals surface area contributed by atoms with Gasteiger partial charge in [-0.1, -0.05) is 60.7 Å². The summed E-state index contributed by atoms with van der Waals surface area (Å²) in [6.45, 7) is 0. The Morgan fingerprint density at radius 2 is 0.700 bits per heavy atom. The fraction of sp³-hybridized carbons (Fsp3) is 0. The minimum Gasteiger partial charge on any atom is -0.398 e. The summed E-state index contributed by atoms with van der Waals surface area (Å²) in [6, 6.07) is 24.0. The molecule has 3 rings (SSSR count). The molecular weight excluding hydrogens is 244 g/mol. The van der Waals surface area contributed by atoms with E-state index in [-0.39, 0.29) is 0 Å². The summed E-state index contributed by atoms with van der Waals surface area (Å²) < 4.78 is 0. The van der Waals surface area contributed by atoms with Crippen LogP contribution in [0.15, 0.2) is 72.8 Å². The zero-order chi connectivity index (χ0) is 13.9. The molecule has 4 N–H and O–H groups in total. The van der Waals surface area contributed by atoms with Crippen LogP contribution in [-0.2, 0) is 0 Å². The second-order valence-electron chi connectivity index (χ2n) is 4.72. The maximum Gasteiger partial charge on any atom is 0.0393 e. The highest BCUT2D eigenvalue weighted by Crippen LogP contribution is 2.36. The van der Waals surface area contributed by atoms with E-state index in [4.69, 9.17) is 11.5 Å². The molecule has 0 atom stereocenters. The van der Waals surface area contributed by atoms with Crippen molar-refractivity contribution >= 4 is 11.4 Å². The Bertz CT molecular complexity index is 683. The molecule has 98 valence electrons. The van der Waals surface area contributed by atoms with Crippen molar-refractivity contribution in [3.8, 4) is 22.3 Å². The summed E-state index contributed by atoms with van der Waals surface area (Å²) in [6.07, 6.45) is 0. The third-order valence-electron chi connectivity index (χ3n) is 3.43. The number of nitrogens with two attached hydrogens (primary N) is 2. The molecule has 0 bridgehead atoms. The number of anilines is 2. The largest absolute Gasteiger partial charge is 0.398 e. The van der Waals surface area contributed by atoms with Crippen LogP contribution in [0.3, 0.4) is 0 Å². The fourth-order valence-electron chi connectivity index (χ4n) is 2.44. The van der Waals surface area contributed by atoms with Gasteiger partial charge in [0.2, 0.25) is 0 Å². The summed E-state index contributed by atoms with van der Waals surface area (Å²) in [5.74, 6) is 0. The molecule has 0 amide bonds. The first kappa shape index (κ1) is 12.3. The van der Waals surface area contributed by atoms with Crippen molar-refractivity contribution in [2.24, 2.45) is 0 Å². The third-order valence-corrected chi connectivity index (χ3v) is 3.43. The molecule has 0 unspecified atom stereocenters. The van der Waals surface area contributed by atoms with Gasteiger partial charge in [0.05, 0.1) is 0 Å². The van der Waals surface area contributed by atoms with Crippen LogP contribution in [0.4, 0.5) is 11.4 Å². The van der Waals surface area contributed by atoms with Crippen LogP contribution in [0.1, 0.15) is 0 Å². The summed E-state index contributed by atoms with van der Waals surface area (Å²) in [4.78, 5) is 0. The first-order valence-corrected chi connectivity index (χ1v) is 6.56. The second-order valence-corrected chi connectivity index (χ2v) is 4.72. The van der Waals surface area contributed by atoms with Gasteiger partial charge in [-0.2, -0.15) is 0 Å². The van der Waals surface area contributed by atoms with E-state index >= 15 is 0 Å². The number of hydrogen-bond acceptors (Lipinski definition) is 2. The lowest BCUT2D eigenvalue weighted by Crippen LogP contribution is -1.94. The molecule has 20 heavy (non-hydrogen) atoms. The highest BCUT2D eigenvalue weighted by Gasteiger charge is 2.10. The molecule has 0 aliphatic carbocycles. The van der Waals surface area contributed by atoms with Crippen molar-refractivity contribution in [1.29, 1.82) is 0 Å². The summed E-state index contributed by atoms with van der Waals surface area (Å²) in [7, 11) is 0. The van der Waals surface area contributed by atoms with E-state index in [1.165, 1.54) is 0 Å². The van der Waals surface area contributed by atoms with E-state index in [0.29, 0.717) is 0 Å². The van der Waals surface area contributed by atoms with Gasteiger partial charge in [-0.15, -0.1) is 0 Å². The summed E-state index contributed by atoms with van der Waals surface area (Å²) in [5.41, 5.74) is 18.0. The molecule has 0 fully saturated rings.